The molecule has 0 saturated carbocycles. The number of unbranched alkanes of at least 4 members (excludes halogenated alkanes) is 4. The number of rotatable bonds is 10. The Morgan fingerprint density at radius 3 is 2.00 bits per heavy atom. The fourth-order valence-corrected chi connectivity index (χ4v) is 2.33. The molecule has 0 aromatic heterocycles. The van der Waals surface area contributed by atoms with Crippen LogP contribution in [-0.2, 0) is 0 Å². The third kappa shape index (κ3) is 6.52. The molecule has 3 atom stereocenters. The first-order valence-corrected chi connectivity index (χ1v) is 7.35. The first-order valence-electron chi connectivity index (χ1n) is 7.35. The van der Waals surface area contributed by atoms with Gasteiger partial charge in [-0.3, -0.25) is 0 Å². The van der Waals surface area contributed by atoms with Crippen molar-refractivity contribution in [1.82, 2.24) is 0 Å². The Hall–Kier alpha value is -0.0400. The van der Waals surface area contributed by atoms with Crippen molar-refractivity contribution in [2.24, 2.45) is 11.8 Å². The largest absolute Gasteiger partial charge is 0.393 e. The predicted molar refractivity (Wildman–Crippen MR) is 72.6 cm³/mol. The third-order valence-corrected chi connectivity index (χ3v) is 3.91. The molecule has 0 fully saturated rings. The van der Waals surface area contributed by atoms with E-state index in [0.717, 1.165) is 12.8 Å². The van der Waals surface area contributed by atoms with Gasteiger partial charge >= 0.3 is 0 Å². The van der Waals surface area contributed by atoms with E-state index in [-0.39, 0.29) is 6.10 Å². The molecular weight excluding hydrogens is 196 g/mol. The molecule has 0 aromatic rings. The predicted octanol–water partition coefficient (Wildman–Crippen LogP) is 4.78. The van der Waals surface area contributed by atoms with Crippen molar-refractivity contribution in [1.29, 1.82) is 0 Å². The van der Waals surface area contributed by atoms with Crippen molar-refractivity contribution >= 4 is 0 Å². The number of hydrogen-bond acceptors (Lipinski definition) is 1. The van der Waals surface area contributed by atoms with Gasteiger partial charge in [0.15, 0.2) is 0 Å². The molecule has 0 rings (SSSR count). The van der Waals surface area contributed by atoms with Gasteiger partial charge in [-0.05, 0) is 18.3 Å². The summed E-state index contributed by atoms with van der Waals surface area (Å²) in [6.45, 7) is 8.80. The van der Waals surface area contributed by atoms with Crippen molar-refractivity contribution in [2.45, 2.75) is 85.2 Å². The summed E-state index contributed by atoms with van der Waals surface area (Å²) in [6.07, 6.45) is 10.0. The minimum Gasteiger partial charge on any atom is -0.393 e. The summed E-state index contributed by atoms with van der Waals surface area (Å²) in [7, 11) is 0. The van der Waals surface area contributed by atoms with Crippen molar-refractivity contribution in [2.75, 3.05) is 0 Å². The zero-order valence-electron chi connectivity index (χ0n) is 11.8. The van der Waals surface area contributed by atoms with E-state index in [2.05, 4.69) is 27.7 Å². The van der Waals surface area contributed by atoms with Crippen LogP contribution in [0.5, 0.6) is 0 Å². The van der Waals surface area contributed by atoms with Gasteiger partial charge in [0.25, 0.3) is 0 Å². The van der Waals surface area contributed by atoms with Crippen LogP contribution in [-0.4, -0.2) is 11.2 Å². The number of aliphatic hydroxyl groups excluding tert-OH is 1. The van der Waals surface area contributed by atoms with E-state index in [1.807, 2.05) is 0 Å². The smallest absolute Gasteiger partial charge is 0.0593 e. The summed E-state index contributed by atoms with van der Waals surface area (Å²) in [5.41, 5.74) is 0. The zero-order chi connectivity index (χ0) is 12.4. The lowest BCUT2D eigenvalue weighted by molar-refractivity contribution is 0.0486. The SMILES string of the molecule is CCCCCCCC(CC)C(O)C(C)CC. The summed E-state index contributed by atoms with van der Waals surface area (Å²) in [6, 6.07) is 0. The van der Waals surface area contributed by atoms with Gasteiger partial charge in [0, 0.05) is 0 Å². The van der Waals surface area contributed by atoms with Crippen LogP contribution in [0.15, 0.2) is 0 Å². The van der Waals surface area contributed by atoms with Crippen molar-refractivity contribution < 1.29 is 5.11 Å². The minimum absolute atomic E-state index is 0.0822. The Kier molecular flexibility index (Phi) is 10.1. The zero-order valence-corrected chi connectivity index (χ0v) is 11.8. The summed E-state index contributed by atoms with van der Waals surface area (Å²) in [5.74, 6) is 0.983. The van der Waals surface area contributed by atoms with Crippen LogP contribution in [0.1, 0.15) is 79.1 Å². The molecule has 0 aliphatic carbocycles. The van der Waals surface area contributed by atoms with Gasteiger partial charge in [0.1, 0.15) is 0 Å². The second-order valence-electron chi connectivity index (χ2n) is 5.25. The molecule has 0 aliphatic heterocycles. The van der Waals surface area contributed by atoms with Gasteiger partial charge in [-0.25, -0.2) is 0 Å². The maximum atomic E-state index is 10.2. The molecule has 0 heterocycles. The summed E-state index contributed by atoms with van der Waals surface area (Å²) in [5, 5.41) is 10.2. The Morgan fingerprint density at radius 2 is 1.50 bits per heavy atom. The summed E-state index contributed by atoms with van der Waals surface area (Å²) >= 11 is 0. The lowest BCUT2D eigenvalue weighted by atomic mass is 9.85. The second-order valence-corrected chi connectivity index (χ2v) is 5.25. The molecule has 1 heteroatoms. The molecule has 98 valence electrons. The fraction of sp³-hybridized carbons (Fsp3) is 1.00. The van der Waals surface area contributed by atoms with Gasteiger partial charge in [-0.1, -0.05) is 72.6 Å². The van der Waals surface area contributed by atoms with Gasteiger partial charge in [0.2, 0.25) is 0 Å². The molecule has 0 aliphatic rings. The molecule has 1 nitrogen and oxygen atoms in total. The monoisotopic (exact) mass is 228 g/mol. The van der Waals surface area contributed by atoms with Crippen molar-refractivity contribution in [3.8, 4) is 0 Å². The standard InChI is InChI=1S/C15H32O/c1-5-8-9-10-11-12-14(7-3)15(16)13(4)6-2/h13-16H,5-12H2,1-4H3. The van der Waals surface area contributed by atoms with E-state index in [4.69, 9.17) is 0 Å². The molecule has 0 bridgehead atoms. The molecule has 1 N–H and O–H groups in total. The maximum Gasteiger partial charge on any atom is 0.0593 e. The van der Waals surface area contributed by atoms with E-state index in [0.29, 0.717) is 11.8 Å². The van der Waals surface area contributed by atoms with E-state index in [1.165, 1.54) is 38.5 Å². The normalized spacial score (nSPS) is 17.1. The van der Waals surface area contributed by atoms with Crippen LogP contribution < -0.4 is 0 Å². The lowest BCUT2D eigenvalue weighted by Gasteiger charge is -2.26. The van der Waals surface area contributed by atoms with Crippen LogP contribution in [0.3, 0.4) is 0 Å². The molecule has 0 spiro atoms. The van der Waals surface area contributed by atoms with Gasteiger partial charge in [-0.15, -0.1) is 0 Å². The van der Waals surface area contributed by atoms with Crippen LogP contribution in [0.2, 0.25) is 0 Å². The number of hydrogen-bond donors (Lipinski definition) is 1. The van der Waals surface area contributed by atoms with Gasteiger partial charge < -0.3 is 5.11 Å². The molecular formula is C15H32O. The lowest BCUT2D eigenvalue weighted by Crippen LogP contribution is -2.26. The Morgan fingerprint density at radius 1 is 0.875 bits per heavy atom. The Balaban J connectivity index is 3.73. The van der Waals surface area contributed by atoms with Crippen LogP contribution in [0.4, 0.5) is 0 Å². The number of aliphatic hydroxyl groups is 1. The van der Waals surface area contributed by atoms with Crippen LogP contribution in [0, 0.1) is 11.8 Å². The first kappa shape index (κ1) is 16.0. The van der Waals surface area contributed by atoms with Gasteiger partial charge in [0.05, 0.1) is 6.10 Å². The third-order valence-electron chi connectivity index (χ3n) is 3.91. The highest BCUT2D eigenvalue weighted by molar-refractivity contribution is 4.72. The maximum absolute atomic E-state index is 10.2. The Bertz CT molecular complexity index is 144. The quantitative estimate of drug-likeness (QED) is 0.533. The molecule has 16 heavy (non-hydrogen) atoms. The summed E-state index contributed by atoms with van der Waals surface area (Å²) in [4.78, 5) is 0. The van der Waals surface area contributed by atoms with E-state index in [1.54, 1.807) is 0 Å². The molecule has 0 radical (unpaired) electrons. The van der Waals surface area contributed by atoms with E-state index in [9.17, 15) is 5.11 Å². The van der Waals surface area contributed by atoms with Crippen LogP contribution >= 0.6 is 0 Å². The highest BCUT2D eigenvalue weighted by Gasteiger charge is 2.21. The van der Waals surface area contributed by atoms with Crippen LogP contribution in [0.25, 0.3) is 0 Å². The Labute approximate surface area is 103 Å². The van der Waals surface area contributed by atoms with Crippen molar-refractivity contribution in [3.05, 3.63) is 0 Å². The second kappa shape index (κ2) is 10.1. The highest BCUT2D eigenvalue weighted by atomic mass is 16.3. The molecule has 0 aromatic carbocycles. The van der Waals surface area contributed by atoms with Gasteiger partial charge in [-0.2, -0.15) is 0 Å². The summed E-state index contributed by atoms with van der Waals surface area (Å²) < 4.78 is 0. The highest BCUT2D eigenvalue weighted by Crippen LogP contribution is 2.24. The fourth-order valence-electron chi connectivity index (χ4n) is 2.33. The average Bonchev–Trinajstić information content (AvgIpc) is 2.32. The van der Waals surface area contributed by atoms with E-state index >= 15 is 0 Å². The molecule has 0 saturated heterocycles. The minimum atomic E-state index is -0.0822. The molecule has 0 amide bonds. The van der Waals surface area contributed by atoms with Crippen molar-refractivity contribution in [3.63, 3.8) is 0 Å². The topological polar surface area (TPSA) is 20.2 Å². The average molecular weight is 228 g/mol. The van der Waals surface area contributed by atoms with E-state index < -0.39 is 0 Å². The molecule has 3 unspecified atom stereocenters. The first-order chi connectivity index (χ1) is 7.67.